The molecule has 0 spiro atoms. The molecule has 3 rings (SSSR count). The van der Waals surface area contributed by atoms with Crippen LogP contribution in [0.3, 0.4) is 0 Å². The van der Waals surface area contributed by atoms with Gasteiger partial charge in [0.2, 0.25) is 10.0 Å². The summed E-state index contributed by atoms with van der Waals surface area (Å²) in [6.45, 7) is 2.87. The second kappa shape index (κ2) is 5.45. The zero-order valence-corrected chi connectivity index (χ0v) is 13.0. The molecule has 1 aliphatic carbocycles. The smallest absolute Gasteiger partial charge is 0.243 e. The molecule has 0 amide bonds. The highest BCUT2D eigenvalue weighted by atomic mass is 32.2. The summed E-state index contributed by atoms with van der Waals surface area (Å²) in [7, 11) is -3.37. The van der Waals surface area contributed by atoms with E-state index in [1.165, 1.54) is 6.42 Å². The lowest BCUT2D eigenvalue weighted by Crippen LogP contribution is -2.37. The maximum Gasteiger partial charge on any atom is 0.243 e. The Morgan fingerprint density at radius 3 is 2.76 bits per heavy atom. The maximum atomic E-state index is 12.8. The molecule has 112 valence electrons. The summed E-state index contributed by atoms with van der Waals surface area (Å²) < 4.78 is 27.2. The zero-order valence-electron chi connectivity index (χ0n) is 12.2. The first kappa shape index (κ1) is 14.6. The lowest BCUT2D eigenvalue weighted by Gasteiger charge is -2.26. The van der Waals surface area contributed by atoms with E-state index in [2.05, 4.69) is 11.8 Å². The number of aryl methyl sites for hydroxylation is 1. The van der Waals surface area contributed by atoms with Crippen LogP contribution in [0.2, 0.25) is 0 Å². The predicted molar refractivity (Wildman–Crippen MR) is 82.1 cm³/mol. The number of sulfonamides is 1. The van der Waals surface area contributed by atoms with Gasteiger partial charge in [0.05, 0.1) is 11.4 Å². The molecule has 1 saturated heterocycles. The fraction of sp³-hybridized carbons (Fsp3) is 0.500. The van der Waals surface area contributed by atoms with Gasteiger partial charge in [-0.15, -0.1) is 0 Å². The molecular weight excluding hydrogens is 284 g/mol. The van der Waals surface area contributed by atoms with E-state index in [1.807, 2.05) is 6.92 Å². The average Bonchev–Trinajstić information content (AvgIpc) is 3.09. The standard InChI is InChI=1S/C16H20N2O2S/c1-12-9-16(7-5-14(12)3-2-8-17)21(19,20)18-11-13-4-6-15(18)10-13/h5,7,9,13,15H,4,6,8,10-11,17H2,1H3. The van der Waals surface area contributed by atoms with Crippen LogP contribution < -0.4 is 5.73 Å². The number of hydrogen-bond acceptors (Lipinski definition) is 3. The molecule has 21 heavy (non-hydrogen) atoms. The van der Waals surface area contributed by atoms with Crippen LogP contribution in [0.1, 0.15) is 30.4 Å². The van der Waals surface area contributed by atoms with E-state index in [0.717, 1.165) is 24.0 Å². The summed E-state index contributed by atoms with van der Waals surface area (Å²) in [6.07, 6.45) is 3.20. The van der Waals surface area contributed by atoms with E-state index in [0.29, 0.717) is 23.9 Å². The summed E-state index contributed by atoms with van der Waals surface area (Å²) in [5.74, 6) is 6.32. The van der Waals surface area contributed by atoms with E-state index in [9.17, 15) is 8.42 Å². The van der Waals surface area contributed by atoms with E-state index in [1.54, 1.807) is 22.5 Å². The van der Waals surface area contributed by atoms with Crippen molar-refractivity contribution in [3.63, 3.8) is 0 Å². The number of rotatable bonds is 2. The first-order chi connectivity index (χ1) is 10.0. The van der Waals surface area contributed by atoms with Crippen molar-refractivity contribution in [2.24, 2.45) is 11.7 Å². The molecule has 1 saturated carbocycles. The number of piperidine rings is 1. The number of benzene rings is 1. The summed E-state index contributed by atoms with van der Waals surface area (Å²) in [4.78, 5) is 0.380. The van der Waals surface area contributed by atoms with Crippen molar-refractivity contribution in [1.29, 1.82) is 0 Å². The Morgan fingerprint density at radius 2 is 2.19 bits per heavy atom. The number of nitrogens with two attached hydrogens (primary N) is 1. The largest absolute Gasteiger partial charge is 0.320 e. The lowest BCUT2D eigenvalue weighted by molar-refractivity contribution is 0.333. The second-order valence-corrected chi connectivity index (χ2v) is 7.78. The molecule has 2 aliphatic rings. The van der Waals surface area contributed by atoms with Crippen molar-refractivity contribution in [3.05, 3.63) is 29.3 Å². The van der Waals surface area contributed by atoms with Crippen LogP contribution in [0.4, 0.5) is 0 Å². The highest BCUT2D eigenvalue weighted by Crippen LogP contribution is 2.40. The molecule has 1 aromatic carbocycles. The molecule has 1 aliphatic heterocycles. The number of nitrogens with zero attached hydrogens (tertiary/aromatic N) is 1. The fourth-order valence-corrected chi connectivity index (χ4v) is 5.22. The first-order valence-electron chi connectivity index (χ1n) is 7.34. The zero-order chi connectivity index (χ0) is 15.0. The van der Waals surface area contributed by atoms with Crippen LogP contribution in [0.15, 0.2) is 23.1 Å². The van der Waals surface area contributed by atoms with E-state index in [-0.39, 0.29) is 6.04 Å². The topological polar surface area (TPSA) is 63.4 Å². The average molecular weight is 304 g/mol. The molecule has 0 radical (unpaired) electrons. The van der Waals surface area contributed by atoms with Crippen molar-refractivity contribution in [2.45, 2.75) is 37.1 Å². The van der Waals surface area contributed by atoms with Gasteiger partial charge < -0.3 is 5.73 Å². The van der Waals surface area contributed by atoms with Gasteiger partial charge in [0.1, 0.15) is 0 Å². The lowest BCUT2D eigenvalue weighted by atomic mass is 10.1. The molecule has 2 fully saturated rings. The molecule has 4 nitrogen and oxygen atoms in total. The predicted octanol–water partition coefficient (Wildman–Crippen LogP) is 1.48. The number of hydrogen-bond donors (Lipinski definition) is 1. The van der Waals surface area contributed by atoms with Crippen molar-refractivity contribution < 1.29 is 8.42 Å². The van der Waals surface area contributed by atoms with Gasteiger partial charge in [0.15, 0.2) is 0 Å². The third-order valence-electron chi connectivity index (χ3n) is 4.49. The van der Waals surface area contributed by atoms with Gasteiger partial charge in [-0.1, -0.05) is 11.8 Å². The second-order valence-electron chi connectivity index (χ2n) is 5.89. The molecule has 1 aromatic rings. The Balaban J connectivity index is 1.91. The quantitative estimate of drug-likeness (QED) is 0.842. The van der Waals surface area contributed by atoms with Crippen LogP contribution >= 0.6 is 0 Å². The van der Waals surface area contributed by atoms with Crippen LogP contribution in [0.5, 0.6) is 0 Å². The Morgan fingerprint density at radius 1 is 1.38 bits per heavy atom. The minimum absolute atomic E-state index is 0.206. The minimum Gasteiger partial charge on any atom is -0.320 e. The fourth-order valence-electron chi connectivity index (χ4n) is 3.39. The van der Waals surface area contributed by atoms with E-state index in [4.69, 9.17) is 5.73 Å². The molecular formula is C16H20N2O2S. The molecule has 1 heterocycles. The molecule has 2 atom stereocenters. The monoisotopic (exact) mass is 304 g/mol. The normalized spacial score (nSPS) is 24.9. The summed E-state index contributed by atoms with van der Waals surface area (Å²) in [5, 5.41) is 0. The molecule has 2 N–H and O–H groups in total. The van der Waals surface area contributed by atoms with Crippen molar-refractivity contribution in [1.82, 2.24) is 4.31 Å². The molecule has 5 heteroatoms. The highest BCUT2D eigenvalue weighted by molar-refractivity contribution is 7.89. The summed E-state index contributed by atoms with van der Waals surface area (Å²) in [5.41, 5.74) is 7.08. The van der Waals surface area contributed by atoms with Gasteiger partial charge in [0.25, 0.3) is 0 Å². The van der Waals surface area contributed by atoms with Gasteiger partial charge in [-0.05, 0) is 55.9 Å². The van der Waals surface area contributed by atoms with Gasteiger partial charge >= 0.3 is 0 Å². The Bertz CT molecular complexity index is 716. The SMILES string of the molecule is Cc1cc(S(=O)(=O)N2CC3CCC2C3)ccc1C#CCN. The van der Waals surface area contributed by atoms with Gasteiger partial charge in [-0.3, -0.25) is 0 Å². The van der Waals surface area contributed by atoms with Crippen LogP contribution in [0.25, 0.3) is 0 Å². The van der Waals surface area contributed by atoms with Crippen molar-refractivity contribution in [3.8, 4) is 11.8 Å². The Labute approximate surface area is 126 Å². The summed E-state index contributed by atoms with van der Waals surface area (Å²) in [6, 6.07) is 5.37. The minimum atomic E-state index is -3.37. The third kappa shape index (κ3) is 2.59. The third-order valence-corrected chi connectivity index (χ3v) is 6.40. The maximum absolute atomic E-state index is 12.8. The van der Waals surface area contributed by atoms with Crippen LogP contribution in [0, 0.1) is 24.7 Å². The van der Waals surface area contributed by atoms with E-state index < -0.39 is 10.0 Å². The van der Waals surface area contributed by atoms with Gasteiger partial charge in [0, 0.05) is 18.2 Å². The van der Waals surface area contributed by atoms with Crippen molar-refractivity contribution in [2.75, 3.05) is 13.1 Å². The Kier molecular flexibility index (Phi) is 3.78. The number of fused-ring (bicyclic) bond motifs is 2. The first-order valence-corrected chi connectivity index (χ1v) is 8.78. The summed E-state index contributed by atoms with van der Waals surface area (Å²) >= 11 is 0. The molecule has 0 aromatic heterocycles. The van der Waals surface area contributed by atoms with Crippen LogP contribution in [-0.2, 0) is 10.0 Å². The highest BCUT2D eigenvalue weighted by Gasteiger charge is 2.44. The Hall–Kier alpha value is -1.35. The van der Waals surface area contributed by atoms with Crippen molar-refractivity contribution >= 4 is 10.0 Å². The van der Waals surface area contributed by atoms with E-state index >= 15 is 0 Å². The van der Waals surface area contributed by atoms with Gasteiger partial charge in [-0.2, -0.15) is 4.31 Å². The molecule has 2 bridgehead atoms. The van der Waals surface area contributed by atoms with Crippen LogP contribution in [-0.4, -0.2) is 31.9 Å². The van der Waals surface area contributed by atoms with Gasteiger partial charge in [-0.25, -0.2) is 8.42 Å². The molecule has 2 unspecified atom stereocenters.